The summed E-state index contributed by atoms with van der Waals surface area (Å²) in [5.41, 5.74) is 7.56. The predicted molar refractivity (Wildman–Crippen MR) is 117 cm³/mol. The van der Waals surface area contributed by atoms with Gasteiger partial charge in [0, 0.05) is 23.5 Å². The van der Waals surface area contributed by atoms with E-state index in [0.717, 1.165) is 19.3 Å². The molecule has 0 N–H and O–H groups in total. The number of aryl methyl sites for hydroxylation is 1. The summed E-state index contributed by atoms with van der Waals surface area (Å²) in [6.45, 7) is 2.12. The molecule has 0 bridgehead atoms. The number of allylic oxidation sites excluding steroid dienone is 8. The molecule has 0 saturated carbocycles. The zero-order chi connectivity index (χ0) is 18.5. The van der Waals surface area contributed by atoms with Crippen molar-refractivity contribution in [3.63, 3.8) is 0 Å². The highest BCUT2D eigenvalue weighted by molar-refractivity contribution is 5.69. The Morgan fingerprint density at radius 1 is 0.741 bits per heavy atom. The van der Waals surface area contributed by atoms with Gasteiger partial charge in [-0.2, -0.15) is 0 Å². The van der Waals surface area contributed by atoms with Crippen LogP contribution in [0.25, 0.3) is 11.1 Å². The monoisotopic (exact) mass is 351 g/mol. The maximum atomic E-state index is 2.38. The van der Waals surface area contributed by atoms with Crippen LogP contribution in [0.15, 0.2) is 109 Å². The van der Waals surface area contributed by atoms with Crippen molar-refractivity contribution in [2.24, 2.45) is 0 Å². The Kier molecular flexibility index (Phi) is 5.20. The average Bonchev–Trinajstić information content (AvgIpc) is 3.00. The number of anilines is 1. The SMILES string of the molecule is Cc1ccc(-c2ccc(N(C3=CCCC=C3)C3=CC=CC=CC3)cc2)cc1. The van der Waals surface area contributed by atoms with Crippen LogP contribution in [0.5, 0.6) is 0 Å². The minimum atomic E-state index is 0.928. The first-order valence-corrected chi connectivity index (χ1v) is 9.67. The van der Waals surface area contributed by atoms with Gasteiger partial charge in [-0.05, 0) is 55.2 Å². The van der Waals surface area contributed by atoms with Crippen LogP contribution in [0.3, 0.4) is 0 Å². The van der Waals surface area contributed by atoms with E-state index in [1.54, 1.807) is 0 Å². The van der Waals surface area contributed by atoms with E-state index >= 15 is 0 Å². The second-order valence-electron chi connectivity index (χ2n) is 7.03. The van der Waals surface area contributed by atoms with Gasteiger partial charge < -0.3 is 4.90 Å². The Labute approximate surface area is 162 Å². The summed E-state index contributed by atoms with van der Waals surface area (Å²) in [5.74, 6) is 0. The molecule has 1 heteroatoms. The zero-order valence-corrected chi connectivity index (χ0v) is 15.8. The number of rotatable bonds is 4. The Morgan fingerprint density at radius 3 is 2.19 bits per heavy atom. The molecule has 1 nitrogen and oxygen atoms in total. The summed E-state index contributed by atoms with van der Waals surface area (Å²) in [4.78, 5) is 2.38. The Balaban J connectivity index is 1.69. The molecule has 2 aromatic rings. The molecule has 2 aliphatic carbocycles. The minimum Gasteiger partial charge on any atom is -0.314 e. The van der Waals surface area contributed by atoms with Gasteiger partial charge in [0.1, 0.15) is 0 Å². The van der Waals surface area contributed by atoms with Crippen molar-refractivity contribution >= 4 is 5.69 Å². The van der Waals surface area contributed by atoms with Crippen LogP contribution in [0.2, 0.25) is 0 Å². The summed E-state index contributed by atoms with van der Waals surface area (Å²) < 4.78 is 0. The first-order valence-electron chi connectivity index (χ1n) is 9.67. The fourth-order valence-corrected chi connectivity index (χ4v) is 3.53. The number of nitrogens with zero attached hydrogens (tertiary/aromatic N) is 1. The van der Waals surface area contributed by atoms with Crippen molar-refractivity contribution in [2.45, 2.75) is 26.2 Å². The molecule has 0 radical (unpaired) electrons. The second-order valence-corrected chi connectivity index (χ2v) is 7.03. The van der Waals surface area contributed by atoms with E-state index in [1.807, 2.05) is 0 Å². The summed E-state index contributed by atoms with van der Waals surface area (Å²) in [6, 6.07) is 17.6. The largest absolute Gasteiger partial charge is 0.314 e. The summed E-state index contributed by atoms with van der Waals surface area (Å²) in [6.07, 6.45) is 20.8. The van der Waals surface area contributed by atoms with Gasteiger partial charge >= 0.3 is 0 Å². The third-order valence-corrected chi connectivity index (χ3v) is 5.01. The highest BCUT2D eigenvalue weighted by Gasteiger charge is 2.16. The highest BCUT2D eigenvalue weighted by atomic mass is 15.2. The van der Waals surface area contributed by atoms with Gasteiger partial charge in [0.05, 0.1) is 0 Å². The maximum absolute atomic E-state index is 2.38. The molecule has 0 saturated heterocycles. The van der Waals surface area contributed by atoms with Crippen LogP contribution in [0.1, 0.15) is 24.8 Å². The van der Waals surface area contributed by atoms with Crippen LogP contribution in [-0.4, -0.2) is 0 Å². The van der Waals surface area contributed by atoms with E-state index in [2.05, 4.69) is 109 Å². The molecule has 2 aliphatic rings. The lowest BCUT2D eigenvalue weighted by molar-refractivity contribution is 0.963. The second kappa shape index (κ2) is 8.09. The van der Waals surface area contributed by atoms with Gasteiger partial charge in [0.2, 0.25) is 0 Å². The quantitative estimate of drug-likeness (QED) is 0.567. The first kappa shape index (κ1) is 17.4. The lowest BCUT2D eigenvalue weighted by Crippen LogP contribution is -2.21. The smallest absolute Gasteiger partial charge is 0.0458 e. The van der Waals surface area contributed by atoms with Gasteiger partial charge in [0.25, 0.3) is 0 Å². The fraction of sp³-hybridized carbons (Fsp3) is 0.154. The molecular formula is C26H25N. The topological polar surface area (TPSA) is 3.24 Å². The van der Waals surface area contributed by atoms with E-state index < -0.39 is 0 Å². The van der Waals surface area contributed by atoms with E-state index in [4.69, 9.17) is 0 Å². The van der Waals surface area contributed by atoms with Gasteiger partial charge in [-0.3, -0.25) is 0 Å². The molecule has 0 atom stereocenters. The Morgan fingerprint density at radius 2 is 1.48 bits per heavy atom. The lowest BCUT2D eigenvalue weighted by Gasteiger charge is -2.29. The summed E-state index contributed by atoms with van der Waals surface area (Å²) >= 11 is 0. The molecule has 0 aliphatic heterocycles. The zero-order valence-electron chi connectivity index (χ0n) is 15.8. The molecule has 0 unspecified atom stereocenters. The van der Waals surface area contributed by atoms with E-state index in [0.29, 0.717) is 0 Å². The van der Waals surface area contributed by atoms with Gasteiger partial charge in [-0.15, -0.1) is 0 Å². The molecule has 0 heterocycles. The molecule has 0 fully saturated rings. The average molecular weight is 351 g/mol. The Hall–Kier alpha value is -3.06. The molecule has 0 amide bonds. The summed E-state index contributed by atoms with van der Waals surface area (Å²) in [7, 11) is 0. The standard InChI is InChI=1S/C26H25N/c1-21-13-15-22(16-14-21)23-17-19-26(20-18-23)27(25-11-7-4-8-12-25)24-9-5-2-3-6-10-24/h2-3,5-7,9,11-20H,4,8,10H2,1H3. The van der Waals surface area contributed by atoms with Crippen molar-refractivity contribution in [3.05, 3.63) is 114 Å². The van der Waals surface area contributed by atoms with E-state index in [-0.39, 0.29) is 0 Å². The molecule has 134 valence electrons. The van der Waals surface area contributed by atoms with E-state index in [9.17, 15) is 0 Å². The predicted octanol–water partition coefficient (Wildman–Crippen LogP) is 7.10. The van der Waals surface area contributed by atoms with Crippen molar-refractivity contribution < 1.29 is 0 Å². The molecule has 0 aromatic heterocycles. The molecule has 2 aromatic carbocycles. The van der Waals surface area contributed by atoms with Crippen LogP contribution >= 0.6 is 0 Å². The normalized spacial score (nSPS) is 15.9. The summed E-state index contributed by atoms with van der Waals surface area (Å²) in [5, 5.41) is 0. The number of hydrogen-bond acceptors (Lipinski definition) is 1. The van der Waals surface area contributed by atoms with Crippen LogP contribution < -0.4 is 4.90 Å². The molecule has 0 spiro atoms. The van der Waals surface area contributed by atoms with Gasteiger partial charge in [0.15, 0.2) is 0 Å². The molecular weight excluding hydrogens is 326 g/mol. The third kappa shape index (κ3) is 4.03. The molecule has 27 heavy (non-hydrogen) atoms. The van der Waals surface area contributed by atoms with Crippen LogP contribution in [0.4, 0.5) is 5.69 Å². The number of hydrogen-bond donors (Lipinski definition) is 0. The number of benzene rings is 2. The van der Waals surface area contributed by atoms with Crippen molar-refractivity contribution in [2.75, 3.05) is 4.90 Å². The Bertz CT molecular complexity index is 935. The van der Waals surface area contributed by atoms with Crippen LogP contribution in [0, 0.1) is 6.92 Å². The van der Waals surface area contributed by atoms with Crippen molar-refractivity contribution in [3.8, 4) is 11.1 Å². The first-order chi connectivity index (χ1) is 13.3. The van der Waals surface area contributed by atoms with Gasteiger partial charge in [-0.1, -0.05) is 78.4 Å². The highest BCUT2D eigenvalue weighted by Crippen LogP contribution is 2.31. The lowest BCUT2D eigenvalue weighted by atomic mass is 10.0. The van der Waals surface area contributed by atoms with Crippen molar-refractivity contribution in [1.29, 1.82) is 0 Å². The van der Waals surface area contributed by atoms with E-state index in [1.165, 1.54) is 33.8 Å². The minimum absolute atomic E-state index is 0.928. The van der Waals surface area contributed by atoms with Crippen LogP contribution in [-0.2, 0) is 0 Å². The van der Waals surface area contributed by atoms with Gasteiger partial charge in [-0.25, -0.2) is 0 Å². The maximum Gasteiger partial charge on any atom is 0.0458 e. The fourth-order valence-electron chi connectivity index (χ4n) is 3.53. The third-order valence-electron chi connectivity index (χ3n) is 5.01. The molecule has 4 rings (SSSR count). The van der Waals surface area contributed by atoms with Crippen molar-refractivity contribution in [1.82, 2.24) is 0 Å².